The summed E-state index contributed by atoms with van der Waals surface area (Å²) in [6.07, 6.45) is 0. The molecule has 244 valence electrons. The van der Waals surface area contributed by atoms with E-state index < -0.39 is 4.92 Å². The minimum atomic E-state index is -0.402. The number of rotatable bonds is 15. The molecule has 0 amide bonds. The Morgan fingerprint density at radius 1 is 0.739 bits per heavy atom. The van der Waals surface area contributed by atoms with E-state index in [4.69, 9.17) is 33.4 Å². The molecule has 0 atom stereocenters. The molecule has 1 heterocycles. The Hall–Kier alpha value is -4.66. The number of ether oxygens (including phenoxy) is 6. The fraction of sp³-hybridized carbons (Fsp3) is 0.303. The third-order valence-electron chi connectivity index (χ3n) is 7.40. The highest BCUT2D eigenvalue weighted by atomic mass is 127. The van der Waals surface area contributed by atoms with Crippen molar-refractivity contribution < 1.29 is 33.3 Å². The van der Waals surface area contributed by atoms with Crippen LogP contribution < -0.4 is 38.6 Å². The largest absolute Gasteiger partial charge is 0.497 e. The second kappa shape index (κ2) is 15.6. The summed E-state index contributed by atoms with van der Waals surface area (Å²) in [6.45, 7) is 2.53. The molecular weight excluding hydrogens is 707 g/mol. The van der Waals surface area contributed by atoms with Crippen LogP contribution in [0.25, 0.3) is 0 Å². The third-order valence-corrected chi connectivity index (χ3v) is 8.72. The number of benzene rings is 3. The van der Waals surface area contributed by atoms with E-state index in [0.29, 0.717) is 49.4 Å². The summed E-state index contributed by atoms with van der Waals surface area (Å²) >= 11 is 2.09. The number of hydrogen-bond donors (Lipinski definition) is 1. The number of anilines is 2. The number of halogens is 1. The van der Waals surface area contributed by atoms with Gasteiger partial charge >= 0.3 is 5.69 Å². The Morgan fingerprint density at radius 3 is 1.59 bits per heavy atom. The molecule has 1 N–H and O–H groups in total. The molecule has 0 saturated carbocycles. The number of hydrogen-bond acceptors (Lipinski definition) is 11. The van der Waals surface area contributed by atoms with Gasteiger partial charge in [0.15, 0.2) is 0 Å². The van der Waals surface area contributed by atoms with Crippen molar-refractivity contribution >= 4 is 39.8 Å². The van der Waals surface area contributed by atoms with Crippen LogP contribution in [-0.2, 0) is 19.6 Å². The van der Waals surface area contributed by atoms with Crippen LogP contribution in [0.3, 0.4) is 0 Å². The topological polar surface area (TPSA) is 127 Å². The maximum absolute atomic E-state index is 12.9. The molecule has 0 fully saturated rings. The lowest BCUT2D eigenvalue weighted by Crippen LogP contribution is -2.26. The molecule has 4 rings (SSSR count). The van der Waals surface area contributed by atoms with Gasteiger partial charge < -0.3 is 38.6 Å². The zero-order valence-corrected chi connectivity index (χ0v) is 29.0. The Bertz CT molecular complexity index is 1640. The van der Waals surface area contributed by atoms with Gasteiger partial charge in [0.1, 0.15) is 40.2 Å². The zero-order valence-electron chi connectivity index (χ0n) is 26.8. The maximum Gasteiger partial charge on any atom is 0.335 e. The number of nitrogens with zero attached hydrogens (tertiary/aromatic N) is 3. The summed E-state index contributed by atoms with van der Waals surface area (Å²) < 4.78 is 33.7. The normalized spacial score (nSPS) is 10.6. The fourth-order valence-electron chi connectivity index (χ4n) is 4.98. The lowest BCUT2D eigenvalue weighted by molar-refractivity contribution is -0.383. The van der Waals surface area contributed by atoms with Crippen molar-refractivity contribution in [3.63, 3.8) is 0 Å². The average molecular weight is 745 g/mol. The van der Waals surface area contributed by atoms with Crippen LogP contribution in [0, 0.1) is 20.6 Å². The van der Waals surface area contributed by atoms with Gasteiger partial charge in [0, 0.05) is 54.5 Å². The molecule has 46 heavy (non-hydrogen) atoms. The molecule has 0 bridgehead atoms. The Morgan fingerprint density at radius 2 is 1.17 bits per heavy atom. The third kappa shape index (κ3) is 7.58. The lowest BCUT2D eigenvalue weighted by atomic mass is 10.1. The minimum absolute atomic E-state index is 0.164. The number of aryl methyl sites for hydroxylation is 1. The first kappa shape index (κ1) is 34.2. The molecule has 12 nitrogen and oxygen atoms in total. The van der Waals surface area contributed by atoms with E-state index in [2.05, 4.69) is 27.9 Å². The maximum atomic E-state index is 12.9. The van der Waals surface area contributed by atoms with Crippen LogP contribution in [0.4, 0.5) is 17.2 Å². The average Bonchev–Trinajstić information content (AvgIpc) is 3.08. The van der Waals surface area contributed by atoms with Gasteiger partial charge in [0.05, 0.1) is 56.8 Å². The molecule has 0 aliphatic rings. The summed E-state index contributed by atoms with van der Waals surface area (Å²) in [6, 6.07) is 16.4. The van der Waals surface area contributed by atoms with E-state index in [1.165, 1.54) is 0 Å². The predicted octanol–water partition coefficient (Wildman–Crippen LogP) is 6.77. The molecule has 0 spiro atoms. The number of pyridine rings is 1. The van der Waals surface area contributed by atoms with Crippen LogP contribution in [-0.4, -0.2) is 52.6 Å². The van der Waals surface area contributed by atoms with Crippen molar-refractivity contribution in [1.29, 1.82) is 0 Å². The van der Waals surface area contributed by atoms with Crippen LogP contribution in [0.1, 0.15) is 22.4 Å². The quantitative estimate of drug-likeness (QED) is 0.0787. The van der Waals surface area contributed by atoms with Crippen LogP contribution in [0.5, 0.6) is 34.5 Å². The van der Waals surface area contributed by atoms with Crippen molar-refractivity contribution in [2.45, 2.75) is 26.6 Å². The predicted molar refractivity (Wildman–Crippen MR) is 184 cm³/mol. The lowest BCUT2D eigenvalue weighted by Gasteiger charge is -2.27. The second-order valence-electron chi connectivity index (χ2n) is 10.1. The first-order valence-electron chi connectivity index (χ1n) is 14.1. The Labute approximate surface area is 281 Å². The Kier molecular flexibility index (Phi) is 11.6. The number of methoxy groups -OCH3 is 6. The van der Waals surface area contributed by atoms with Crippen LogP contribution in [0.2, 0.25) is 0 Å². The van der Waals surface area contributed by atoms with Crippen molar-refractivity contribution in [3.8, 4) is 34.5 Å². The summed E-state index contributed by atoms with van der Waals surface area (Å²) in [5, 5.41) is 16.2. The van der Waals surface area contributed by atoms with E-state index in [9.17, 15) is 10.1 Å². The molecule has 13 heteroatoms. The van der Waals surface area contributed by atoms with E-state index in [1.807, 2.05) is 48.2 Å². The molecule has 4 aromatic rings. The first-order chi connectivity index (χ1) is 22.2. The molecule has 0 aliphatic heterocycles. The molecule has 3 aromatic carbocycles. The van der Waals surface area contributed by atoms with Crippen molar-refractivity contribution in [1.82, 2.24) is 4.98 Å². The first-order valence-corrected chi connectivity index (χ1v) is 15.2. The summed E-state index contributed by atoms with van der Waals surface area (Å²) in [4.78, 5) is 19.2. The summed E-state index contributed by atoms with van der Waals surface area (Å²) in [7, 11) is 9.44. The van der Waals surface area contributed by atoms with Gasteiger partial charge in [-0.3, -0.25) is 10.1 Å². The highest BCUT2D eigenvalue weighted by Gasteiger charge is 2.31. The van der Waals surface area contributed by atoms with E-state index in [0.717, 1.165) is 16.7 Å². The van der Waals surface area contributed by atoms with Gasteiger partial charge in [0.2, 0.25) is 5.82 Å². The van der Waals surface area contributed by atoms with E-state index >= 15 is 0 Å². The number of nitrogens with one attached hydrogen (secondary N) is 1. The van der Waals surface area contributed by atoms with Crippen molar-refractivity contribution in [2.75, 3.05) is 52.9 Å². The van der Waals surface area contributed by atoms with Gasteiger partial charge in [0.25, 0.3) is 0 Å². The van der Waals surface area contributed by atoms with Crippen molar-refractivity contribution in [3.05, 3.63) is 90.7 Å². The smallest absolute Gasteiger partial charge is 0.335 e. The molecule has 0 radical (unpaired) electrons. The monoisotopic (exact) mass is 744 g/mol. The Balaban J connectivity index is 1.86. The van der Waals surface area contributed by atoms with Gasteiger partial charge in [-0.1, -0.05) is 0 Å². The standard InChI is InChI=1S/C33H37IN4O8/c1-20-30(34)31(35-17-21-8-11-24(41-2)14-27(21)44-5)32(38(39)40)33(36-20)37(18-22-9-12-25(42-3)15-28(22)45-6)19-23-10-13-26(43-4)16-29(23)46-7/h8-16H,17-19H2,1-7H3,(H,35,36). The van der Waals surface area contributed by atoms with Gasteiger partial charge in [-0.2, -0.15) is 0 Å². The van der Waals surface area contributed by atoms with Crippen LogP contribution >= 0.6 is 22.6 Å². The van der Waals surface area contributed by atoms with Crippen LogP contribution in [0.15, 0.2) is 54.6 Å². The molecule has 0 unspecified atom stereocenters. The SMILES string of the molecule is COc1ccc(CNc2c(I)c(C)nc(N(Cc3ccc(OC)cc3OC)Cc3ccc(OC)cc3OC)c2[N+](=O)[O-])c(OC)c1. The van der Waals surface area contributed by atoms with Gasteiger partial charge in [-0.25, -0.2) is 4.98 Å². The van der Waals surface area contributed by atoms with E-state index in [1.54, 1.807) is 60.9 Å². The molecule has 0 saturated heterocycles. The van der Waals surface area contributed by atoms with Gasteiger partial charge in [-0.05, 0) is 65.9 Å². The molecular formula is C33H37IN4O8. The summed E-state index contributed by atoms with van der Waals surface area (Å²) in [5.41, 5.74) is 3.16. The fourth-order valence-corrected chi connectivity index (χ4v) is 5.54. The minimum Gasteiger partial charge on any atom is -0.497 e. The summed E-state index contributed by atoms with van der Waals surface area (Å²) in [5.74, 6) is 3.80. The number of nitro groups is 1. The van der Waals surface area contributed by atoms with Crippen molar-refractivity contribution in [2.24, 2.45) is 0 Å². The second-order valence-corrected chi connectivity index (χ2v) is 11.1. The molecule has 1 aromatic heterocycles. The van der Waals surface area contributed by atoms with Gasteiger partial charge in [-0.15, -0.1) is 0 Å². The zero-order chi connectivity index (χ0) is 33.4. The highest BCUT2D eigenvalue weighted by molar-refractivity contribution is 14.1. The molecule has 0 aliphatic carbocycles. The van der Waals surface area contributed by atoms with E-state index in [-0.39, 0.29) is 31.1 Å². The highest BCUT2D eigenvalue weighted by Crippen LogP contribution is 2.42. The number of aromatic nitrogens is 1.